The van der Waals surface area contributed by atoms with Crippen molar-refractivity contribution in [3.05, 3.63) is 76.8 Å². The van der Waals surface area contributed by atoms with Gasteiger partial charge in [-0.2, -0.15) is 13.2 Å². The SMILES string of the molecule is O=C(Nc1ccc(C(F)(F)F)cc1)Nc1ccc2c(c1)C(=O)Nc1cc(Cl)ccc1O2. The van der Waals surface area contributed by atoms with Crippen LogP contribution in [0.3, 0.4) is 0 Å². The summed E-state index contributed by atoms with van der Waals surface area (Å²) in [6, 6.07) is 12.6. The monoisotopic (exact) mass is 447 g/mol. The number of carbonyl (C=O) groups is 2. The summed E-state index contributed by atoms with van der Waals surface area (Å²) in [6.45, 7) is 0. The van der Waals surface area contributed by atoms with Crippen molar-refractivity contribution in [2.24, 2.45) is 0 Å². The van der Waals surface area contributed by atoms with Gasteiger partial charge in [-0.05, 0) is 60.7 Å². The molecule has 158 valence electrons. The Morgan fingerprint density at radius 3 is 2.26 bits per heavy atom. The number of ether oxygens (including phenoxy) is 1. The molecule has 6 nitrogen and oxygen atoms in total. The van der Waals surface area contributed by atoms with Gasteiger partial charge in [-0.3, -0.25) is 4.79 Å². The van der Waals surface area contributed by atoms with Crippen molar-refractivity contribution < 1.29 is 27.5 Å². The van der Waals surface area contributed by atoms with E-state index in [1.165, 1.54) is 18.2 Å². The molecule has 3 amide bonds. The molecule has 0 radical (unpaired) electrons. The molecule has 31 heavy (non-hydrogen) atoms. The molecule has 4 rings (SSSR count). The first kappa shape index (κ1) is 20.5. The van der Waals surface area contributed by atoms with E-state index in [0.717, 1.165) is 24.3 Å². The van der Waals surface area contributed by atoms with E-state index >= 15 is 0 Å². The van der Waals surface area contributed by atoms with Crippen LogP contribution < -0.4 is 20.7 Å². The van der Waals surface area contributed by atoms with Gasteiger partial charge in [0.15, 0.2) is 5.75 Å². The Morgan fingerprint density at radius 1 is 0.903 bits per heavy atom. The van der Waals surface area contributed by atoms with Gasteiger partial charge in [0.2, 0.25) is 0 Å². The summed E-state index contributed by atoms with van der Waals surface area (Å²) in [5.41, 5.74) is 0.222. The molecule has 0 atom stereocenters. The van der Waals surface area contributed by atoms with Gasteiger partial charge in [0.1, 0.15) is 5.75 Å². The van der Waals surface area contributed by atoms with Crippen LogP contribution in [0.4, 0.5) is 35.0 Å². The summed E-state index contributed by atoms with van der Waals surface area (Å²) in [5.74, 6) is 0.243. The smallest absolute Gasteiger partial charge is 0.416 e. The number of rotatable bonds is 2. The van der Waals surface area contributed by atoms with Crippen molar-refractivity contribution in [2.75, 3.05) is 16.0 Å². The molecule has 1 aliphatic heterocycles. The van der Waals surface area contributed by atoms with Crippen molar-refractivity contribution in [1.82, 2.24) is 0 Å². The van der Waals surface area contributed by atoms with Gasteiger partial charge in [0.05, 0.1) is 16.8 Å². The zero-order valence-electron chi connectivity index (χ0n) is 15.5. The summed E-state index contributed by atoms with van der Waals surface area (Å²) in [5, 5.41) is 8.07. The number of hydrogen-bond donors (Lipinski definition) is 3. The second kappa shape index (κ2) is 7.84. The first-order valence-corrected chi connectivity index (χ1v) is 9.25. The molecule has 3 N–H and O–H groups in total. The van der Waals surface area contributed by atoms with Gasteiger partial charge >= 0.3 is 12.2 Å². The number of urea groups is 1. The molecule has 0 unspecified atom stereocenters. The normalized spacial score (nSPS) is 12.6. The number of nitrogens with one attached hydrogen (secondary N) is 3. The van der Waals surface area contributed by atoms with E-state index in [9.17, 15) is 22.8 Å². The number of anilines is 3. The van der Waals surface area contributed by atoms with Crippen LogP contribution in [0.25, 0.3) is 0 Å². The number of hydrogen-bond acceptors (Lipinski definition) is 3. The Bertz CT molecular complexity index is 1180. The molecule has 10 heteroatoms. The zero-order chi connectivity index (χ0) is 22.2. The predicted molar refractivity (Wildman–Crippen MR) is 110 cm³/mol. The van der Waals surface area contributed by atoms with E-state index in [4.69, 9.17) is 16.3 Å². The molecule has 0 fully saturated rings. The van der Waals surface area contributed by atoms with Crippen LogP contribution >= 0.6 is 11.6 Å². The number of fused-ring (bicyclic) bond motifs is 2. The summed E-state index contributed by atoms with van der Waals surface area (Å²) in [7, 11) is 0. The molecule has 0 saturated heterocycles. The summed E-state index contributed by atoms with van der Waals surface area (Å²) >= 11 is 5.95. The minimum absolute atomic E-state index is 0.175. The topological polar surface area (TPSA) is 79.5 Å². The van der Waals surface area contributed by atoms with Crippen LogP contribution in [0.5, 0.6) is 11.5 Å². The molecule has 0 aromatic heterocycles. The Balaban J connectivity index is 1.48. The van der Waals surface area contributed by atoms with Crippen LogP contribution in [-0.4, -0.2) is 11.9 Å². The highest BCUT2D eigenvalue weighted by Crippen LogP contribution is 2.38. The maximum absolute atomic E-state index is 12.6. The van der Waals surface area contributed by atoms with Crippen molar-refractivity contribution in [3.63, 3.8) is 0 Å². The van der Waals surface area contributed by atoms with Gasteiger partial charge in [-0.15, -0.1) is 0 Å². The molecule has 0 spiro atoms. The number of benzene rings is 3. The minimum Gasteiger partial charge on any atom is -0.454 e. The van der Waals surface area contributed by atoms with Crippen LogP contribution in [0, 0.1) is 0 Å². The predicted octanol–water partition coefficient (Wildman–Crippen LogP) is 6.36. The summed E-state index contributed by atoms with van der Waals surface area (Å²) < 4.78 is 43.6. The Hall–Kier alpha value is -3.72. The highest BCUT2D eigenvalue weighted by molar-refractivity contribution is 6.31. The lowest BCUT2D eigenvalue weighted by molar-refractivity contribution is -0.137. The van der Waals surface area contributed by atoms with Gasteiger partial charge < -0.3 is 20.7 Å². The maximum Gasteiger partial charge on any atom is 0.416 e. The molecular formula is C21H13ClF3N3O3. The summed E-state index contributed by atoms with van der Waals surface area (Å²) in [4.78, 5) is 24.8. The Kier molecular flexibility index (Phi) is 5.20. The van der Waals surface area contributed by atoms with Crippen molar-refractivity contribution >= 4 is 40.6 Å². The second-order valence-corrected chi connectivity index (χ2v) is 7.00. The third-order valence-corrected chi connectivity index (χ3v) is 4.60. The average Bonchev–Trinajstić information content (AvgIpc) is 2.83. The third-order valence-electron chi connectivity index (χ3n) is 4.36. The van der Waals surface area contributed by atoms with Crippen molar-refractivity contribution in [2.45, 2.75) is 6.18 Å². The maximum atomic E-state index is 12.6. The second-order valence-electron chi connectivity index (χ2n) is 6.56. The fourth-order valence-corrected chi connectivity index (χ4v) is 3.08. The van der Waals surface area contributed by atoms with Gasteiger partial charge in [0, 0.05) is 16.4 Å². The van der Waals surface area contributed by atoms with E-state index in [1.807, 2.05) is 0 Å². The number of amides is 3. The summed E-state index contributed by atoms with van der Waals surface area (Å²) in [6.07, 6.45) is -4.46. The van der Waals surface area contributed by atoms with E-state index in [1.54, 1.807) is 18.2 Å². The Labute approximate surface area is 179 Å². The molecule has 0 aliphatic carbocycles. The van der Waals surface area contributed by atoms with E-state index in [-0.39, 0.29) is 22.7 Å². The lowest BCUT2D eigenvalue weighted by Crippen LogP contribution is -2.20. The number of alkyl halides is 3. The highest BCUT2D eigenvalue weighted by Gasteiger charge is 2.30. The number of carbonyl (C=O) groups excluding carboxylic acids is 2. The van der Waals surface area contributed by atoms with Gasteiger partial charge in [0.25, 0.3) is 5.91 Å². The lowest BCUT2D eigenvalue weighted by atomic mass is 10.1. The van der Waals surface area contributed by atoms with Crippen LogP contribution in [0.1, 0.15) is 15.9 Å². The van der Waals surface area contributed by atoms with E-state index < -0.39 is 23.7 Å². The van der Waals surface area contributed by atoms with E-state index in [2.05, 4.69) is 16.0 Å². The first-order chi connectivity index (χ1) is 14.7. The largest absolute Gasteiger partial charge is 0.454 e. The van der Waals surface area contributed by atoms with Crippen molar-refractivity contribution in [3.8, 4) is 11.5 Å². The molecule has 1 aliphatic rings. The molecule has 0 bridgehead atoms. The van der Waals surface area contributed by atoms with Crippen LogP contribution in [0.2, 0.25) is 5.02 Å². The highest BCUT2D eigenvalue weighted by atomic mass is 35.5. The molecular weight excluding hydrogens is 435 g/mol. The van der Waals surface area contributed by atoms with Gasteiger partial charge in [-0.1, -0.05) is 11.6 Å². The Morgan fingerprint density at radius 2 is 1.55 bits per heavy atom. The lowest BCUT2D eigenvalue weighted by Gasteiger charge is -2.11. The molecule has 0 saturated carbocycles. The van der Waals surface area contributed by atoms with E-state index in [0.29, 0.717) is 16.5 Å². The number of halogens is 4. The molecule has 1 heterocycles. The fraction of sp³-hybridized carbons (Fsp3) is 0.0476. The van der Waals surface area contributed by atoms with Crippen molar-refractivity contribution in [1.29, 1.82) is 0 Å². The van der Waals surface area contributed by atoms with Crippen LogP contribution in [-0.2, 0) is 6.18 Å². The standard InChI is InChI=1S/C21H13ClF3N3O3/c22-12-3-7-18-16(9-12)28-19(29)15-10-14(6-8-17(15)31-18)27-20(30)26-13-4-1-11(2-5-13)21(23,24)25/h1-10H,(H,28,29)(H2,26,27,30). The first-order valence-electron chi connectivity index (χ1n) is 8.87. The quantitative estimate of drug-likeness (QED) is 0.427. The fourth-order valence-electron chi connectivity index (χ4n) is 2.91. The van der Waals surface area contributed by atoms with Gasteiger partial charge in [-0.25, -0.2) is 4.79 Å². The third kappa shape index (κ3) is 4.56. The minimum atomic E-state index is -4.46. The molecule has 3 aromatic rings. The average molecular weight is 448 g/mol. The van der Waals surface area contributed by atoms with Crippen LogP contribution in [0.15, 0.2) is 60.7 Å². The molecule has 3 aromatic carbocycles. The zero-order valence-corrected chi connectivity index (χ0v) is 16.3.